The molecule has 41 heavy (non-hydrogen) atoms. The summed E-state index contributed by atoms with van der Waals surface area (Å²) in [6, 6.07) is 28.5. The Morgan fingerprint density at radius 3 is 2.12 bits per heavy atom. The summed E-state index contributed by atoms with van der Waals surface area (Å²) >= 11 is 0. The third kappa shape index (κ3) is 8.69. The van der Waals surface area contributed by atoms with Crippen molar-refractivity contribution in [3.8, 4) is 23.0 Å². The summed E-state index contributed by atoms with van der Waals surface area (Å²) < 4.78 is 22.6. The number of hydrazone groups is 1. The Bertz CT molecular complexity index is 1450. The molecule has 210 valence electrons. The van der Waals surface area contributed by atoms with Crippen LogP contribution in [0.1, 0.15) is 52.1 Å². The van der Waals surface area contributed by atoms with Crippen LogP contribution >= 0.6 is 0 Å². The average molecular weight is 553 g/mol. The van der Waals surface area contributed by atoms with Gasteiger partial charge in [0.15, 0.2) is 11.5 Å². The van der Waals surface area contributed by atoms with Gasteiger partial charge in [0.1, 0.15) is 18.1 Å². The lowest BCUT2D eigenvalue weighted by molar-refractivity contribution is 0.0728. The van der Waals surface area contributed by atoms with E-state index in [1.807, 2.05) is 44.2 Å². The van der Waals surface area contributed by atoms with Gasteiger partial charge in [-0.25, -0.2) is 10.2 Å². The summed E-state index contributed by atoms with van der Waals surface area (Å²) in [5.74, 6) is 1.13. The first-order chi connectivity index (χ1) is 20.1. The van der Waals surface area contributed by atoms with Gasteiger partial charge in [-0.05, 0) is 91.2 Å². The lowest BCUT2D eigenvalue weighted by Crippen LogP contribution is -2.17. The third-order valence-corrected chi connectivity index (χ3v) is 5.78. The van der Waals surface area contributed by atoms with Crippen LogP contribution in [0.4, 0.5) is 0 Å². The van der Waals surface area contributed by atoms with Crippen molar-refractivity contribution in [1.82, 2.24) is 5.43 Å². The number of hydrogen-bond donors (Lipinski definition) is 1. The molecular weight excluding hydrogens is 520 g/mol. The van der Waals surface area contributed by atoms with Crippen LogP contribution in [0.15, 0.2) is 102 Å². The summed E-state index contributed by atoms with van der Waals surface area (Å²) in [7, 11) is 0. The molecule has 8 heteroatoms. The Hall–Kier alpha value is -5.11. The molecule has 0 aliphatic rings. The zero-order valence-corrected chi connectivity index (χ0v) is 23.0. The molecule has 0 aromatic heterocycles. The van der Waals surface area contributed by atoms with E-state index in [2.05, 4.69) is 10.5 Å². The van der Waals surface area contributed by atoms with E-state index >= 15 is 0 Å². The SMILES string of the molecule is CCCOc1ccc(C(=O)Oc2ccc(/C=N/NC(=O)c3ccc(OCc4ccccc4)cc3)cc2OCC)cc1. The van der Waals surface area contributed by atoms with Crippen molar-refractivity contribution >= 4 is 18.1 Å². The minimum absolute atomic E-state index is 0.277. The van der Waals surface area contributed by atoms with E-state index in [0.29, 0.717) is 53.8 Å². The minimum atomic E-state index is -0.516. The second-order valence-corrected chi connectivity index (χ2v) is 8.90. The topological polar surface area (TPSA) is 95.5 Å². The Morgan fingerprint density at radius 2 is 1.44 bits per heavy atom. The molecule has 4 rings (SSSR count). The number of nitrogens with zero attached hydrogens (tertiary/aromatic N) is 1. The first-order valence-corrected chi connectivity index (χ1v) is 13.4. The van der Waals surface area contributed by atoms with E-state index in [1.54, 1.807) is 66.7 Å². The molecule has 0 aliphatic carbocycles. The normalized spacial score (nSPS) is 10.7. The number of hydrogen-bond acceptors (Lipinski definition) is 7. The molecule has 0 radical (unpaired) electrons. The highest BCUT2D eigenvalue weighted by atomic mass is 16.6. The molecule has 1 amide bonds. The van der Waals surface area contributed by atoms with Crippen LogP contribution in [0.5, 0.6) is 23.0 Å². The van der Waals surface area contributed by atoms with Crippen molar-refractivity contribution in [3.05, 3.63) is 119 Å². The minimum Gasteiger partial charge on any atom is -0.494 e. The van der Waals surface area contributed by atoms with Crippen LogP contribution in [0.2, 0.25) is 0 Å². The number of esters is 1. The molecule has 0 heterocycles. The molecule has 0 aliphatic heterocycles. The van der Waals surface area contributed by atoms with Crippen molar-refractivity contribution < 1.29 is 28.5 Å². The largest absolute Gasteiger partial charge is 0.494 e. The molecule has 8 nitrogen and oxygen atoms in total. The van der Waals surface area contributed by atoms with Crippen LogP contribution in [-0.4, -0.2) is 31.3 Å². The summed E-state index contributed by atoms with van der Waals surface area (Å²) in [6.07, 6.45) is 2.38. The van der Waals surface area contributed by atoms with Gasteiger partial charge >= 0.3 is 5.97 Å². The molecule has 0 bridgehead atoms. The molecule has 0 unspecified atom stereocenters. The maximum absolute atomic E-state index is 12.7. The first-order valence-electron chi connectivity index (χ1n) is 13.4. The fraction of sp³-hybridized carbons (Fsp3) is 0.182. The highest BCUT2D eigenvalue weighted by molar-refractivity contribution is 5.95. The lowest BCUT2D eigenvalue weighted by atomic mass is 10.2. The van der Waals surface area contributed by atoms with Gasteiger partial charge in [0.05, 0.1) is 25.0 Å². The number of carbonyl (C=O) groups excluding carboxylic acids is 2. The zero-order valence-electron chi connectivity index (χ0n) is 23.0. The third-order valence-electron chi connectivity index (χ3n) is 5.78. The van der Waals surface area contributed by atoms with Crippen LogP contribution in [0, 0.1) is 0 Å². The van der Waals surface area contributed by atoms with Crippen molar-refractivity contribution in [2.45, 2.75) is 26.9 Å². The second-order valence-electron chi connectivity index (χ2n) is 8.90. The number of carbonyl (C=O) groups is 2. The van der Waals surface area contributed by atoms with Crippen molar-refractivity contribution in [1.29, 1.82) is 0 Å². The summed E-state index contributed by atoms with van der Waals surface area (Å²) in [4.78, 5) is 25.2. The lowest BCUT2D eigenvalue weighted by Gasteiger charge is -2.12. The molecule has 0 fully saturated rings. The van der Waals surface area contributed by atoms with Gasteiger partial charge in [0.2, 0.25) is 0 Å². The Labute approximate surface area is 239 Å². The highest BCUT2D eigenvalue weighted by Crippen LogP contribution is 2.29. The molecule has 1 N–H and O–H groups in total. The van der Waals surface area contributed by atoms with Gasteiger partial charge in [-0.2, -0.15) is 5.10 Å². The maximum atomic E-state index is 12.7. The average Bonchev–Trinajstić information content (AvgIpc) is 3.01. The van der Waals surface area contributed by atoms with E-state index in [-0.39, 0.29) is 11.7 Å². The Kier molecular flexibility index (Phi) is 10.5. The van der Waals surface area contributed by atoms with Gasteiger partial charge in [-0.3, -0.25) is 4.79 Å². The molecule has 0 atom stereocenters. The Balaban J connectivity index is 1.32. The molecular formula is C33H32N2O6. The smallest absolute Gasteiger partial charge is 0.343 e. The fourth-order valence-electron chi connectivity index (χ4n) is 3.70. The van der Waals surface area contributed by atoms with Crippen molar-refractivity contribution in [3.63, 3.8) is 0 Å². The van der Waals surface area contributed by atoms with Gasteiger partial charge in [0.25, 0.3) is 5.91 Å². The number of amides is 1. The van der Waals surface area contributed by atoms with Gasteiger partial charge < -0.3 is 18.9 Å². The number of ether oxygens (including phenoxy) is 4. The van der Waals surface area contributed by atoms with E-state index in [9.17, 15) is 9.59 Å². The zero-order chi connectivity index (χ0) is 28.9. The standard InChI is InChI=1S/C33H32N2O6/c1-3-20-39-28-17-13-27(14-18-28)33(37)41-30-19-10-25(21-31(30)38-4-2)22-34-35-32(36)26-11-15-29(16-12-26)40-23-24-8-6-5-7-9-24/h5-19,21-22H,3-4,20,23H2,1-2H3,(H,35,36)/b34-22+. The van der Waals surface area contributed by atoms with Gasteiger partial charge in [-0.1, -0.05) is 37.3 Å². The predicted octanol–water partition coefficient (Wildman–Crippen LogP) is 6.44. The van der Waals surface area contributed by atoms with Crippen molar-refractivity contribution in [2.24, 2.45) is 5.10 Å². The van der Waals surface area contributed by atoms with Gasteiger partial charge in [0, 0.05) is 5.56 Å². The van der Waals surface area contributed by atoms with Crippen LogP contribution in [0.25, 0.3) is 0 Å². The molecule has 4 aromatic carbocycles. The number of nitrogens with one attached hydrogen (secondary N) is 1. The van der Waals surface area contributed by atoms with Crippen LogP contribution in [0.3, 0.4) is 0 Å². The quantitative estimate of drug-likeness (QED) is 0.0888. The van der Waals surface area contributed by atoms with E-state index < -0.39 is 5.97 Å². The monoisotopic (exact) mass is 552 g/mol. The number of rotatable bonds is 13. The highest BCUT2D eigenvalue weighted by Gasteiger charge is 2.14. The molecule has 4 aromatic rings. The van der Waals surface area contributed by atoms with Crippen molar-refractivity contribution in [2.75, 3.05) is 13.2 Å². The van der Waals surface area contributed by atoms with Crippen LogP contribution in [-0.2, 0) is 6.61 Å². The maximum Gasteiger partial charge on any atom is 0.343 e. The summed E-state index contributed by atoms with van der Waals surface area (Å²) in [6.45, 7) is 5.29. The molecule has 0 saturated carbocycles. The summed E-state index contributed by atoms with van der Waals surface area (Å²) in [5, 5.41) is 4.05. The fourth-order valence-corrected chi connectivity index (χ4v) is 3.70. The van der Waals surface area contributed by atoms with E-state index in [0.717, 1.165) is 12.0 Å². The van der Waals surface area contributed by atoms with Crippen LogP contribution < -0.4 is 24.4 Å². The van der Waals surface area contributed by atoms with Gasteiger partial charge in [-0.15, -0.1) is 0 Å². The number of benzene rings is 4. The van der Waals surface area contributed by atoms with E-state index in [4.69, 9.17) is 18.9 Å². The summed E-state index contributed by atoms with van der Waals surface area (Å²) in [5.41, 5.74) is 5.05. The Morgan fingerprint density at radius 1 is 0.756 bits per heavy atom. The van der Waals surface area contributed by atoms with E-state index in [1.165, 1.54) is 6.21 Å². The molecule has 0 saturated heterocycles. The molecule has 0 spiro atoms. The second kappa shape index (κ2) is 14.9. The first kappa shape index (κ1) is 28.9. The predicted molar refractivity (Wildman–Crippen MR) is 157 cm³/mol.